The molecule has 132 valence electrons. The number of rotatable bonds is 5. The van der Waals surface area contributed by atoms with Crippen molar-refractivity contribution in [3.8, 4) is 0 Å². The van der Waals surface area contributed by atoms with Crippen molar-refractivity contribution < 1.29 is 27.5 Å². The fourth-order valence-electron chi connectivity index (χ4n) is 2.68. The van der Waals surface area contributed by atoms with E-state index in [0.29, 0.717) is 12.8 Å². The Hall–Kier alpha value is -1.93. The first-order chi connectivity index (χ1) is 11.4. The Morgan fingerprint density at radius 3 is 2.46 bits per heavy atom. The van der Waals surface area contributed by atoms with Crippen molar-refractivity contribution in [2.24, 2.45) is 0 Å². The molecule has 24 heavy (non-hydrogen) atoms. The highest BCUT2D eigenvalue weighted by atomic mass is 32.2. The van der Waals surface area contributed by atoms with Gasteiger partial charge in [-0.2, -0.15) is 4.31 Å². The quantitative estimate of drug-likeness (QED) is 0.745. The van der Waals surface area contributed by atoms with Crippen LogP contribution in [0.25, 0.3) is 0 Å². The van der Waals surface area contributed by atoms with Gasteiger partial charge in [0.05, 0.1) is 24.2 Å². The molecule has 1 heterocycles. The summed E-state index contributed by atoms with van der Waals surface area (Å²) < 4.78 is 36.5. The van der Waals surface area contributed by atoms with Crippen molar-refractivity contribution in [3.63, 3.8) is 0 Å². The topological polar surface area (TPSA) is 90.0 Å². The number of sulfonamides is 1. The van der Waals surface area contributed by atoms with Crippen LogP contribution in [0.15, 0.2) is 29.2 Å². The van der Waals surface area contributed by atoms with E-state index in [1.54, 1.807) is 6.92 Å². The first kappa shape index (κ1) is 18.4. The molecule has 0 aromatic heterocycles. The molecule has 1 saturated heterocycles. The third-order valence-corrected chi connectivity index (χ3v) is 5.82. The molecular formula is C16H21NO6S. The minimum Gasteiger partial charge on any atom is -0.465 e. The van der Waals surface area contributed by atoms with Crippen LogP contribution in [0, 0.1) is 0 Å². The molecule has 0 bridgehead atoms. The molecule has 0 aliphatic carbocycles. The van der Waals surface area contributed by atoms with Crippen LogP contribution < -0.4 is 0 Å². The molecule has 0 spiro atoms. The highest BCUT2D eigenvalue weighted by Crippen LogP contribution is 2.26. The molecule has 1 aliphatic rings. The normalized spacial score (nSPS) is 18.8. The Bertz CT molecular complexity index is 698. The van der Waals surface area contributed by atoms with Gasteiger partial charge in [0.25, 0.3) is 0 Å². The lowest BCUT2D eigenvalue weighted by Crippen LogP contribution is -2.48. The SMILES string of the molecule is CCOC(=O)C1CCCCN1S(=O)(=O)c1ccc(C(=O)OC)cc1. The number of nitrogens with zero attached hydrogens (tertiary/aromatic N) is 1. The molecule has 1 aromatic rings. The third-order valence-electron chi connectivity index (χ3n) is 3.89. The summed E-state index contributed by atoms with van der Waals surface area (Å²) in [4.78, 5) is 23.6. The zero-order chi connectivity index (χ0) is 17.7. The molecule has 1 aliphatic heterocycles. The summed E-state index contributed by atoms with van der Waals surface area (Å²) in [6.45, 7) is 2.16. The number of hydrogen-bond donors (Lipinski definition) is 0. The Morgan fingerprint density at radius 2 is 1.88 bits per heavy atom. The van der Waals surface area contributed by atoms with Crippen LogP contribution in [0.5, 0.6) is 0 Å². The van der Waals surface area contributed by atoms with Gasteiger partial charge in [0.15, 0.2) is 0 Å². The van der Waals surface area contributed by atoms with Gasteiger partial charge in [-0.1, -0.05) is 0 Å². The van der Waals surface area contributed by atoms with E-state index in [9.17, 15) is 18.0 Å². The third kappa shape index (κ3) is 3.76. The monoisotopic (exact) mass is 355 g/mol. The molecule has 1 fully saturated rings. The maximum absolute atomic E-state index is 12.9. The van der Waals surface area contributed by atoms with Crippen molar-refractivity contribution >= 4 is 22.0 Å². The lowest BCUT2D eigenvalue weighted by atomic mass is 10.1. The van der Waals surface area contributed by atoms with Gasteiger partial charge >= 0.3 is 11.9 Å². The molecule has 1 unspecified atom stereocenters. The number of ether oxygens (including phenoxy) is 2. The second-order valence-electron chi connectivity index (χ2n) is 5.40. The van der Waals surface area contributed by atoms with Crippen molar-refractivity contribution in [3.05, 3.63) is 29.8 Å². The van der Waals surface area contributed by atoms with E-state index >= 15 is 0 Å². The van der Waals surface area contributed by atoms with E-state index in [1.807, 2.05) is 0 Å². The Morgan fingerprint density at radius 1 is 1.21 bits per heavy atom. The van der Waals surface area contributed by atoms with Crippen molar-refractivity contribution in [1.82, 2.24) is 4.31 Å². The zero-order valence-electron chi connectivity index (χ0n) is 13.7. The fourth-order valence-corrected chi connectivity index (χ4v) is 4.33. The molecule has 0 amide bonds. The Balaban J connectivity index is 2.29. The van der Waals surface area contributed by atoms with E-state index in [1.165, 1.54) is 35.7 Å². The number of carbonyl (C=O) groups is 2. The van der Waals surface area contributed by atoms with E-state index in [2.05, 4.69) is 4.74 Å². The molecule has 1 atom stereocenters. The van der Waals surface area contributed by atoms with Gasteiger partial charge in [-0.3, -0.25) is 4.79 Å². The number of carbonyl (C=O) groups excluding carboxylic acids is 2. The predicted molar refractivity (Wildman–Crippen MR) is 85.9 cm³/mol. The molecule has 8 heteroatoms. The maximum atomic E-state index is 12.9. The lowest BCUT2D eigenvalue weighted by Gasteiger charge is -2.32. The average Bonchev–Trinajstić information content (AvgIpc) is 2.61. The van der Waals surface area contributed by atoms with Crippen molar-refractivity contribution in [2.45, 2.75) is 37.1 Å². The van der Waals surface area contributed by atoms with Crippen LogP contribution in [0.2, 0.25) is 0 Å². The second-order valence-corrected chi connectivity index (χ2v) is 7.29. The standard InChI is InChI=1S/C16H21NO6S/c1-3-23-16(19)14-6-4-5-11-17(14)24(20,21)13-9-7-12(8-10-13)15(18)22-2/h7-10,14H,3-6,11H2,1-2H3. The molecule has 2 rings (SSSR count). The van der Waals surface area contributed by atoms with Gasteiger partial charge in [-0.25, -0.2) is 13.2 Å². The summed E-state index contributed by atoms with van der Waals surface area (Å²) in [5.74, 6) is -1.06. The molecular weight excluding hydrogens is 334 g/mol. The summed E-state index contributed by atoms with van der Waals surface area (Å²) in [7, 11) is -2.59. The van der Waals surface area contributed by atoms with Crippen molar-refractivity contribution in [1.29, 1.82) is 0 Å². The summed E-state index contributed by atoms with van der Waals surface area (Å²) in [5, 5.41) is 0. The van der Waals surface area contributed by atoms with Crippen LogP contribution in [0.1, 0.15) is 36.5 Å². The Labute approximate surface area is 141 Å². The average molecular weight is 355 g/mol. The van der Waals surface area contributed by atoms with E-state index in [4.69, 9.17) is 4.74 Å². The second kappa shape index (κ2) is 7.76. The van der Waals surface area contributed by atoms with Crippen LogP contribution in [-0.2, 0) is 24.3 Å². The van der Waals surface area contributed by atoms with Crippen LogP contribution >= 0.6 is 0 Å². The minimum atomic E-state index is -3.84. The Kier molecular flexibility index (Phi) is 5.95. The molecule has 0 radical (unpaired) electrons. The van der Waals surface area contributed by atoms with Crippen LogP contribution in [0.4, 0.5) is 0 Å². The molecule has 0 saturated carbocycles. The minimum absolute atomic E-state index is 0.0337. The fraction of sp³-hybridized carbons (Fsp3) is 0.500. The number of methoxy groups -OCH3 is 1. The summed E-state index contributed by atoms with van der Waals surface area (Å²) in [6.07, 6.45) is 1.91. The van der Waals surface area contributed by atoms with Crippen molar-refractivity contribution in [2.75, 3.05) is 20.3 Å². The van der Waals surface area contributed by atoms with Crippen LogP contribution in [0.3, 0.4) is 0 Å². The summed E-state index contributed by atoms with van der Waals surface area (Å²) in [6, 6.07) is 4.67. The number of esters is 2. The molecule has 0 N–H and O–H groups in total. The van der Waals surface area contributed by atoms with Gasteiger partial charge in [0, 0.05) is 6.54 Å². The number of hydrogen-bond acceptors (Lipinski definition) is 6. The van der Waals surface area contributed by atoms with Crippen LogP contribution in [-0.4, -0.2) is 51.0 Å². The number of piperidine rings is 1. The first-order valence-electron chi connectivity index (χ1n) is 7.78. The van der Waals surface area contributed by atoms with Gasteiger partial charge in [0.1, 0.15) is 6.04 Å². The molecule has 1 aromatic carbocycles. The smallest absolute Gasteiger partial charge is 0.337 e. The van der Waals surface area contributed by atoms with Gasteiger partial charge in [0.2, 0.25) is 10.0 Å². The first-order valence-corrected chi connectivity index (χ1v) is 9.22. The molecule has 7 nitrogen and oxygen atoms in total. The van der Waals surface area contributed by atoms with Gasteiger partial charge in [-0.05, 0) is 50.5 Å². The van der Waals surface area contributed by atoms with E-state index in [-0.39, 0.29) is 23.6 Å². The highest BCUT2D eigenvalue weighted by molar-refractivity contribution is 7.89. The zero-order valence-corrected chi connectivity index (χ0v) is 14.5. The largest absolute Gasteiger partial charge is 0.465 e. The highest BCUT2D eigenvalue weighted by Gasteiger charge is 2.38. The van der Waals surface area contributed by atoms with Gasteiger partial charge < -0.3 is 9.47 Å². The number of benzene rings is 1. The summed E-state index contributed by atoms with van der Waals surface area (Å²) >= 11 is 0. The lowest BCUT2D eigenvalue weighted by molar-refractivity contribution is -0.148. The maximum Gasteiger partial charge on any atom is 0.337 e. The van der Waals surface area contributed by atoms with Gasteiger partial charge in [-0.15, -0.1) is 0 Å². The predicted octanol–water partition coefficient (Wildman–Crippen LogP) is 1.58. The summed E-state index contributed by atoms with van der Waals surface area (Å²) in [5.41, 5.74) is 0.261. The van der Waals surface area contributed by atoms with E-state index < -0.39 is 28.0 Å². The van der Waals surface area contributed by atoms with E-state index in [0.717, 1.165) is 6.42 Å².